The normalized spacial score (nSPS) is 11.4. The van der Waals surface area contributed by atoms with Gasteiger partial charge in [0, 0.05) is 49.6 Å². The van der Waals surface area contributed by atoms with Gasteiger partial charge in [-0.1, -0.05) is 257 Å². The smallest absolute Gasteiger partial charge is 0.241 e. The zero-order chi connectivity index (χ0) is 50.4. The van der Waals surface area contributed by atoms with Crippen LogP contribution in [-0.2, 0) is 0 Å². The van der Waals surface area contributed by atoms with Crippen LogP contribution in [0.1, 0.15) is 0 Å². The second kappa shape index (κ2) is 19.2. The van der Waals surface area contributed by atoms with Gasteiger partial charge >= 0.3 is 0 Å². The van der Waals surface area contributed by atoms with Gasteiger partial charge in [0.25, 0.3) is 0 Å². The Morgan fingerprint density at radius 2 is 0.566 bits per heavy atom. The minimum atomic E-state index is 0.0129. The molecule has 354 valence electrons. The van der Waals surface area contributed by atoms with Gasteiger partial charge in [0.05, 0.1) is 22.1 Å². The Kier molecular flexibility index (Phi) is 11.3. The Labute approximate surface area is 442 Å². The van der Waals surface area contributed by atoms with E-state index in [0.717, 1.165) is 55.5 Å². The van der Waals surface area contributed by atoms with Gasteiger partial charge in [0.15, 0.2) is 17.5 Å². The maximum atomic E-state index is 5.36. The molecule has 0 bridgehead atoms. The van der Waals surface area contributed by atoms with Crippen LogP contribution in [0.5, 0.6) is 0 Å². The predicted molar refractivity (Wildman–Crippen MR) is 320 cm³/mol. The molecular weight excluding hydrogens is 920 g/mol. The number of aromatic nitrogens is 5. The predicted octanol–water partition coefficient (Wildman–Crippen LogP) is 12.1. The molecule has 0 spiro atoms. The molecule has 0 unspecified atom stereocenters. The average molecular weight is 968 g/mol. The number of para-hydroxylation sites is 3. The lowest BCUT2D eigenvalue weighted by Crippen LogP contribution is -2.51. The summed E-state index contributed by atoms with van der Waals surface area (Å²) in [7, 11) is 0. The topological polar surface area (TPSA) is 48.5 Å². The summed E-state index contributed by atoms with van der Waals surface area (Å²) < 4.78 is 4.79. The van der Waals surface area contributed by atoms with E-state index in [-0.39, 0.29) is 13.4 Å². The SMILES string of the molecule is c1ccc(B(c2ccccc2)c2cccc(-c3nc(-c4ccc(-n5c6ccccc6c6cc7c8ccccc8n(-c8ccccc8)c7cc65)cc4)nc(-c4cccc(B(c5ccccc5)c5ccccc5)c4)n3)c2)cc1. The number of hydrogen-bond donors (Lipinski definition) is 0. The highest BCUT2D eigenvalue weighted by molar-refractivity contribution is 6.96. The van der Waals surface area contributed by atoms with Crippen molar-refractivity contribution in [3.63, 3.8) is 0 Å². The first kappa shape index (κ1) is 44.8. The van der Waals surface area contributed by atoms with Crippen LogP contribution < -0.4 is 32.8 Å². The number of benzene rings is 11. The molecule has 0 aliphatic carbocycles. The van der Waals surface area contributed by atoms with E-state index in [0.29, 0.717) is 17.5 Å². The number of rotatable bonds is 11. The minimum Gasteiger partial charge on any atom is -0.309 e. The van der Waals surface area contributed by atoms with E-state index in [9.17, 15) is 0 Å². The van der Waals surface area contributed by atoms with Crippen LogP contribution in [0, 0.1) is 0 Å². The first-order valence-corrected chi connectivity index (χ1v) is 26.0. The molecule has 0 N–H and O–H groups in total. The van der Waals surface area contributed by atoms with Crippen molar-refractivity contribution in [2.75, 3.05) is 0 Å². The van der Waals surface area contributed by atoms with Crippen molar-refractivity contribution in [2.45, 2.75) is 0 Å². The van der Waals surface area contributed by atoms with E-state index in [4.69, 9.17) is 15.0 Å². The maximum absolute atomic E-state index is 5.36. The van der Waals surface area contributed by atoms with Crippen LogP contribution in [-0.4, -0.2) is 37.5 Å². The third-order valence-corrected chi connectivity index (χ3v) is 15.0. The molecular formula is C69H47B2N5. The van der Waals surface area contributed by atoms with E-state index >= 15 is 0 Å². The largest absolute Gasteiger partial charge is 0.309 e. The average Bonchev–Trinajstić information content (AvgIpc) is 4.14. The fourth-order valence-corrected chi connectivity index (χ4v) is 11.5. The molecule has 14 rings (SSSR count). The molecule has 0 saturated carbocycles. The molecule has 5 nitrogen and oxygen atoms in total. The Balaban J connectivity index is 0.925. The molecule has 0 radical (unpaired) electrons. The summed E-state index contributed by atoms with van der Waals surface area (Å²) in [6, 6.07) is 102. The number of fused-ring (bicyclic) bond motifs is 6. The quantitative estimate of drug-likeness (QED) is 0.121. The summed E-state index contributed by atoms with van der Waals surface area (Å²) in [5, 5.41) is 4.88. The van der Waals surface area contributed by atoms with Crippen molar-refractivity contribution < 1.29 is 0 Å². The van der Waals surface area contributed by atoms with Gasteiger partial charge in [-0.05, 0) is 60.7 Å². The summed E-state index contributed by atoms with van der Waals surface area (Å²) in [4.78, 5) is 16.1. The van der Waals surface area contributed by atoms with Crippen LogP contribution in [0.3, 0.4) is 0 Å². The molecule has 76 heavy (non-hydrogen) atoms. The van der Waals surface area contributed by atoms with Crippen molar-refractivity contribution in [1.82, 2.24) is 24.1 Å². The van der Waals surface area contributed by atoms with Crippen molar-refractivity contribution in [2.24, 2.45) is 0 Å². The minimum absolute atomic E-state index is 0.0129. The summed E-state index contributed by atoms with van der Waals surface area (Å²) in [6.45, 7) is 0.0257. The van der Waals surface area contributed by atoms with Crippen LogP contribution in [0.4, 0.5) is 0 Å². The second-order valence-electron chi connectivity index (χ2n) is 19.5. The first-order chi connectivity index (χ1) is 37.7. The van der Waals surface area contributed by atoms with Gasteiger partial charge in [0.1, 0.15) is 0 Å². The Bertz CT molecular complexity index is 4170. The summed E-state index contributed by atoms with van der Waals surface area (Å²) in [5.41, 5.74) is 16.7. The van der Waals surface area contributed by atoms with Gasteiger partial charge in [-0.2, -0.15) is 0 Å². The molecule has 0 saturated heterocycles. The maximum Gasteiger partial charge on any atom is 0.241 e. The van der Waals surface area contributed by atoms with E-state index < -0.39 is 0 Å². The van der Waals surface area contributed by atoms with Gasteiger partial charge < -0.3 is 9.13 Å². The van der Waals surface area contributed by atoms with Crippen molar-refractivity contribution >= 4 is 89.8 Å². The molecule has 0 fully saturated rings. The third kappa shape index (κ3) is 8.06. The third-order valence-electron chi connectivity index (χ3n) is 15.0. The monoisotopic (exact) mass is 967 g/mol. The fourth-order valence-electron chi connectivity index (χ4n) is 11.5. The second-order valence-corrected chi connectivity index (χ2v) is 19.5. The molecule has 3 aromatic heterocycles. The van der Waals surface area contributed by atoms with E-state index in [1.54, 1.807) is 0 Å². The van der Waals surface area contributed by atoms with E-state index in [1.165, 1.54) is 48.9 Å². The molecule has 0 atom stereocenters. The van der Waals surface area contributed by atoms with Gasteiger partial charge in [-0.3, -0.25) is 0 Å². The fraction of sp³-hybridized carbons (Fsp3) is 0. The molecule has 0 aliphatic rings. The highest BCUT2D eigenvalue weighted by Gasteiger charge is 2.25. The van der Waals surface area contributed by atoms with Crippen molar-refractivity contribution in [3.8, 4) is 45.5 Å². The Morgan fingerprint density at radius 3 is 0.987 bits per heavy atom. The number of hydrogen-bond acceptors (Lipinski definition) is 3. The molecule has 11 aromatic carbocycles. The van der Waals surface area contributed by atoms with Gasteiger partial charge in [-0.15, -0.1) is 0 Å². The van der Waals surface area contributed by atoms with Crippen molar-refractivity contribution in [1.29, 1.82) is 0 Å². The van der Waals surface area contributed by atoms with Crippen LogP contribution in [0.2, 0.25) is 0 Å². The first-order valence-electron chi connectivity index (χ1n) is 26.0. The Morgan fingerprint density at radius 1 is 0.224 bits per heavy atom. The van der Waals surface area contributed by atoms with Gasteiger partial charge in [0.2, 0.25) is 13.4 Å². The Hall–Kier alpha value is -9.84. The molecule has 7 heteroatoms. The van der Waals surface area contributed by atoms with Crippen LogP contribution >= 0.6 is 0 Å². The van der Waals surface area contributed by atoms with Crippen LogP contribution in [0.15, 0.2) is 285 Å². The lowest BCUT2D eigenvalue weighted by Gasteiger charge is -2.17. The lowest BCUT2D eigenvalue weighted by molar-refractivity contribution is 1.07. The summed E-state index contributed by atoms with van der Waals surface area (Å²) in [5.74, 6) is 1.82. The molecule has 3 heterocycles. The summed E-state index contributed by atoms with van der Waals surface area (Å²) in [6.07, 6.45) is 0. The highest BCUT2D eigenvalue weighted by Crippen LogP contribution is 2.40. The van der Waals surface area contributed by atoms with Crippen LogP contribution in [0.25, 0.3) is 89.2 Å². The van der Waals surface area contributed by atoms with Gasteiger partial charge in [-0.25, -0.2) is 15.0 Å². The van der Waals surface area contributed by atoms with Crippen molar-refractivity contribution in [3.05, 3.63) is 285 Å². The number of nitrogens with zero attached hydrogens (tertiary/aromatic N) is 5. The molecule has 0 amide bonds. The zero-order valence-electron chi connectivity index (χ0n) is 41.5. The highest BCUT2D eigenvalue weighted by atomic mass is 15.0. The lowest BCUT2D eigenvalue weighted by atomic mass is 9.37. The molecule has 14 aromatic rings. The van der Waals surface area contributed by atoms with E-state index in [1.807, 2.05) is 0 Å². The summed E-state index contributed by atoms with van der Waals surface area (Å²) >= 11 is 0. The van der Waals surface area contributed by atoms with E-state index in [2.05, 4.69) is 294 Å². The molecule has 0 aliphatic heterocycles. The standard InChI is InChI=1S/C69H47B2N5/c1-6-24-51(25-7-1)70(52-26-8-2-9-27-52)55-32-20-22-49(44-55)68-72-67(73-69(74-68)50-23-21-33-56(45-50)71(53-28-10-3-11-29-53)54-30-12-4-13-31-54)48-40-42-58(43-41-48)76-64-39-19-17-37-60(64)62-46-61-59-36-16-18-38-63(59)75(65(61)47-66(62)76)57-34-14-5-15-35-57/h1-47H. The zero-order valence-corrected chi connectivity index (χ0v) is 41.5.